The van der Waals surface area contributed by atoms with Gasteiger partial charge in [-0.25, -0.2) is 4.79 Å². The van der Waals surface area contributed by atoms with Crippen LogP contribution >= 0.6 is 11.6 Å². The molecule has 0 aliphatic carbocycles. The Hall–Kier alpha value is -4.30. The number of hydrogen-bond acceptors (Lipinski definition) is 5. The van der Waals surface area contributed by atoms with Gasteiger partial charge in [-0.2, -0.15) is 0 Å². The number of rotatable bonds is 7. The van der Waals surface area contributed by atoms with Crippen molar-refractivity contribution in [1.29, 1.82) is 0 Å². The summed E-state index contributed by atoms with van der Waals surface area (Å²) in [6.07, 6.45) is 4.82. The summed E-state index contributed by atoms with van der Waals surface area (Å²) < 4.78 is 13.1. The highest BCUT2D eigenvalue weighted by Crippen LogP contribution is 2.26. The van der Waals surface area contributed by atoms with E-state index in [0.717, 1.165) is 15.8 Å². The molecule has 0 radical (unpaired) electrons. The number of benzene rings is 2. The Morgan fingerprint density at radius 1 is 1.00 bits per heavy atom. The van der Waals surface area contributed by atoms with Gasteiger partial charge in [0.1, 0.15) is 23.7 Å². The molecular weight excluding hydrogens is 470 g/mol. The third-order valence-electron chi connectivity index (χ3n) is 5.61. The topological polar surface area (TPSA) is 93.8 Å². The van der Waals surface area contributed by atoms with Gasteiger partial charge >= 0.3 is 6.03 Å². The van der Waals surface area contributed by atoms with Crippen molar-refractivity contribution >= 4 is 46.4 Å². The lowest BCUT2D eigenvalue weighted by atomic mass is 10.1. The van der Waals surface area contributed by atoms with Crippen LogP contribution in [-0.2, 0) is 22.7 Å². The normalized spacial score (nSPS) is 15.2. The smallest absolute Gasteiger partial charge is 0.331 e. The van der Waals surface area contributed by atoms with Crippen molar-refractivity contribution in [3.63, 3.8) is 0 Å². The Bertz CT molecular complexity index is 1440. The van der Waals surface area contributed by atoms with E-state index >= 15 is 0 Å². The highest BCUT2D eigenvalue weighted by molar-refractivity contribution is 6.31. The van der Waals surface area contributed by atoms with Crippen molar-refractivity contribution < 1.29 is 23.5 Å². The predicted octanol–water partition coefficient (Wildman–Crippen LogP) is 4.63. The van der Waals surface area contributed by atoms with Crippen LogP contribution in [0.4, 0.5) is 4.79 Å². The molecule has 2 aromatic carbocycles. The Morgan fingerprint density at radius 3 is 2.57 bits per heavy atom. The van der Waals surface area contributed by atoms with Gasteiger partial charge in [0.25, 0.3) is 11.8 Å². The fourth-order valence-electron chi connectivity index (χ4n) is 3.92. The fourth-order valence-corrected chi connectivity index (χ4v) is 4.05. The Labute approximate surface area is 205 Å². The summed E-state index contributed by atoms with van der Waals surface area (Å²) in [5, 5.41) is 3.73. The monoisotopic (exact) mass is 489 g/mol. The number of aromatic nitrogens is 1. The van der Waals surface area contributed by atoms with Gasteiger partial charge in [-0.3, -0.25) is 19.8 Å². The summed E-state index contributed by atoms with van der Waals surface area (Å²) >= 11 is 5.92. The molecule has 0 bridgehead atoms. The molecule has 0 saturated carbocycles. The van der Waals surface area contributed by atoms with Gasteiger partial charge in [-0.1, -0.05) is 29.8 Å². The summed E-state index contributed by atoms with van der Waals surface area (Å²) in [4.78, 5) is 38.9. The molecule has 1 saturated heterocycles. The second-order valence-electron chi connectivity index (χ2n) is 7.89. The maximum atomic E-state index is 13.1. The number of barbiturate groups is 1. The van der Waals surface area contributed by atoms with Crippen molar-refractivity contribution in [3.05, 3.63) is 95.0 Å². The number of imide groups is 2. The lowest BCUT2D eigenvalue weighted by molar-refractivity contribution is -0.130. The molecular formula is C26H20ClN3O5. The second kappa shape index (κ2) is 9.52. The fraction of sp³-hybridized carbons (Fsp3) is 0.115. The van der Waals surface area contributed by atoms with E-state index in [0.29, 0.717) is 35.2 Å². The Balaban J connectivity index is 1.41. The molecule has 176 valence electrons. The third kappa shape index (κ3) is 4.69. The van der Waals surface area contributed by atoms with E-state index in [2.05, 4.69) is 5.32 Å². The molecule has 35 heavy (non-hydrogen) atoms. The third-order valence-corrected chi connectivity index (χ3v) is 5.87. The number of urea groups is 1. The Kier molecular flexibility index (Phi) is 6.12. The first-order valence-electron chi connectivity index (χ1n) is 10.9. The molecule has 0 unspecified atom stereocenters. The van der Waals surface area contributed by atoms with E-state index in [1.54, 1.807) is 36.4 Å². The zero-order chi connectivity index (χ0) is 24.4. The van der Waals surface area contributed by atoms with Crippen molar-refractivity contribution in [2.75, 3.05) is 6.61 Å². The van der Waals surface area contributed by atoms with E-state index in [-0.39, 0.29) is 12.1 Å². The van der Waals surface area contributed by atoms with E-state index < -0.39 is 17.8 Å². The molecule has 3 heterocycles. The van der Waals surface area contributed by atoms with Crippen molar-refractivity contribution in [3.8, 4) is 5.75 Å². The predicted molar refractivity (Wildman–Crippen MR) is 130 cm³/mol. The molecule has 0 spiro atoms. The zero-order valence-electron chi connectivity index (χ0n) is 18.4. The molecule has 1 fully saturated rings. The minimum atomic E-state index is -0.782. The van der Waals surface area contributed by atoms with Crippen LogP contribution in [0.5, 0.6) is 5.75 Å². The molecule has 9 heteroatoms. The number of fused-ring (bicyclic) bond motifs is 1. The van der Waals surface area contributed by atoms with Gasteiger partial charge in [0.15, 0.2) is 0 Å². The number of furan rings is 1. The number of para-hydroxylation sites is 1. The highest BCUT2D eigenvalue weighted by atomic mass is 35.5. The van der Waals surface area contributed by atoms with Crippen LogP contribution in [0.1, 0.15) is 11.3 Å². The summed E-state index contributed by atoms with van der Waals surface area (Å²) in [5.41, 5.74) is 1.47. The maximum Gasteiger partial charge on any atom is 0.331 e. The van der Waals surface area contributed by atoms with Gasteiger partial charge in [0.05, 0.1) is 19.4 Å². The minimum Gasteiger partial charge on any atom is -0.492 e. The molecule has 4 amide bonds. The van der Waals surface area contributed by atoms with E-state index in [1.165, 1.54) is 12.3 Å². The molecule has 1 aliphatic heterocycles. The lowest BCUT2D eigenvalue weighted by Crippen LogP contribution is -2.53. The van der Waals surface area contributed by atoms with Gasteiger partial charge in [-0.15, -0.1) is 0 Å². The standard InChI is InChI=1S/C26H20ClN3O5/c27-18-7-9-19(10-8-18)35-13-11-29-15-17(21-5-1-2-6-23(21)29)14-22-24(31)28-26(33)30(25(22)32)16-20-4-3-12-34-20/h1-10,12,14-15H,11,13,16H2,(H,28,31,33). The first-order chi connectivity index (χ1) is 17.0. The van der Waals surface area contributed by atoms with Crippen LogP contribution in [0.2, 0.25) is 5.02 Å². The van der Waals surface area contributed by atoms with E-state index in [9.17, 15) is 14.4 Å². The molecule has 1 aliphatic rings. The van der Waals surface area contributed by atoms with E-state index in [1.807, 2.05) is 35.0 Å². The van der Waals surface area contributed by atoms with Crippen LogP contribution < -0.4 is 10.1 Å². The van der Waals surface area contributed by atoms with Crippen molar-refractivity contribution in [1.82, 2.24) is 14.8 Å². The van der Waals surface area contributed by atoms with Gasteiger partial charge in [-0.05, 0) is 48.5 Å². The molecule has 1 N–H and O–H groups in total. The second-order valence-corrected chi connectivity index (χ2v) is 8.32. The molecule has 8 nitrogen and oxygen atoms in total. The van der Waals surface area contributed by atoms with E-state index in [4.69, 9.17) is 20.8 Å². The lowest BCUT2D eigenvalue weighted by Gasteiger charge is -2.25. The molecule has 2 aromatic heterocycles. The highest BCUT2D eigenvalue weighted by Gasteiger charge is 2.36. The minimum absolute atomic E-state index is 0.0773. The molecule has 5 rings (SSSR count). The SMILES string of the molecule is O=C1NC(=O)N(Cc2ccco2)C(=O)C1=Cc1cn(CCOc2ccc(Cl)cc2)c2ccccc12. The van der Waals surface area contributed by atoms with Crippen LogP contribution in [0.3, 0.4) is 0 Å². The number of carbonyl (C=O) groups is 3. The first kappa shape index (κ1) is 22.5. The average Bonchev–Trinajstić information content (AvgIpc) is 3.49. The number of halogens is 1. The molecule has 4 aromatic rings. The average molecular weight is 490 g/mol. The number of ether oxygens (including phenoxy) is 1. The number of nitrogens with one attached hydrogen (secondary N) is 1. The summed E-state index contributed by atoms with van der Waals surface area (Å²) in [6.45, 7) is 0.864. The number of nitrogens with zero attached hydrogens (tertiary/aromatic N) is 2. The Morgan fingerprint density at radius 2 is 1.80 bits per heavy atom. The number of amides is 4. The van der Waals surface area contributed by atoms with Gasteiger partial charge < -0.3 is 13.7 Å². The summed E-state index contributed by atoms with van der Waals surface area (Å²) in [7, 11) is 0. The largest absolute Gasteiger partial charge is 0.492 e. The zero-order valence-corrected chi connectivity index (χ0v) is 19.2. The maximum absolute atomic E-state index is 13.1. The number of carbonyl (C=O) groups excluding carboxylic acids is 3. The quantitative estimate of drug-likeness (QED) is 0.302. The van der Waals surface area contributed by atoms with Crippen molar-refractivity contribution in [2.24, 2.45) is 0 Å². The van der Waals surface area contributed by atoms with Crippen LogP contribution in [-0.4, -0.2) is 33.9 Å². The van der Waals surface area contributed by atoms with Crippen LogP contribution in [0.15, 0.2) is 83.1 Å². The molecule has 0 atom stereocenters. The van der Waals surface area contributed by atoms with Crippen LogP contribution in [0.25, 0.3) is 17.0 Å². The van der Waals surface area contributed by atoms with Gasteiger partial charge in [0.2, 0.25) is 0 Å². The number of hydrogen-bond donors (Lipinski definition) is 1. The van der Waals surface area contributed by atoms with Gasteiger partial charge in [0, 0.05) is 27.7 Å². The van der Waals surface area contributed by atoms with Crippen molar-refractivity contribution in [2.45, 2.75) is 13.1 Å². The summed E-state index contributed by atoms with van der Waals surface area (Å²) in [5.74, 6) is -0.282. The first-order valence-corrected chi connectivity index (χ1v) is 11.2. The van der Waals surface area contributed by atoms with Crippen LogP contribution in [0, 0.1) is 0 Å². The summed E-state index contributed by atoms with van der Waals surface area (Å²) in [6, 6.07) is 17.3.